The second kappa shape index (κ2) is 7.19. The minimum atomic E-state index is -1.02. The van der Waals surface area contributed by atoms with Crippen LogP contribution >= 0.6 is 0 Å². The van der Waals surface area contributed by atoms with Crippen LogP contribution in [-0.4, -0.2) is 55.2 Å². The number of carbonyl (C=O) groups is 2. The number of nitrogens with zero attached hydrogens (tertiary/aromatic N) is 1. The molecular formula is C15H20N2O4. The molecule has 1 aromatic carbocycles. The lowest BCUT2D eigenvalue weighted by Crippen LogP contribution is -2.44. The first-order chi connectivity index (χ1) is 10.1. The number of ether oxygens (including phenoxy) is 1. The van der Waals surface area contributed by atoms with Crippen molar-refractivity contribution in [1.82, 2.24) is 10.2 Å². The molecule has 6 heteroatoms. The number of amides is 1. The zero-order valence-corrected chi connectivity index (χ0v) is 12.0. The number of hydrogen-bond acceptors (Lipinski definition) is 4. The van der Waals surface area contributed by atoms with Crippen LogP contribution in [0, 0.1) is 0 Å². The molecule has 0 spiro atoms. The summed E-state index contributed by atoms with van der Waals surface area (Å²) < 4.78 is 4.96. The number of benzene rings is 1. The third-order valence-corrected chi connectivity index (χ3v) is 3.60. The van der Waals surface area contributed by atoms with Crippen molar-refractivity contribution in [2.75, 3.05) is 33.4 Å². The van der Waals surface area contributed by atoms with Crippen molar-refractivity contribution < 1.29 is 19.4 Å². The number of carboxylic acid groups (broad SMARTS) is 1. The van der Waals surface area contributed by atoms with E-state index in [1.807, 2.05) is 24.3 Å². The first kappa shape index (κ1) is 15.5. The van der Waals surface area contributed by atoms with E-state index in [0.717, 1.165) is 17.7 Å². The highest BCUT2D eigenvalue weighted by molar-refractivity contribution is 5.87. The molecule has 21 heavy (non-hydrogen) atoms. The Bertz CT molecular complexity index is 518. The van der Waals surface area contributed by atoms with Gasteiger partial charge >= 0.3 is 5.97 Å². The van der Waals surface area contributed by atoms with E-state index in [-0.39, 0.29) is 24.9 Å². The predicted molar refractivity (Wildman–Crippen MR) is 77.0 cm³/mol. The molecule has 0 aromatic heterocycles. The van der Waals surface area contributed by atoms with Crippen LogP contribution in [-0.2, 0) is 20.9 Å². The van der Waals surface area contributed by atoms with Gasteiger partial charge in [0.05, 0.1) is 12.5 Å². The van der Waals surface area contributed by atoms with E-state index in [1.54, 1.807) is 0 Å². The van der Waals surface area contributed by atoms with Crippen molar-refractivity contribution in [2.45, 2.75) is 12.5 Å². The third-order valence-electron chi connectivity index (χ3n) is 3.60. The molecule has 1 amide bonds. The molecule has 1 heterocycles. The Hall–Kier alpha value is -1.92. The van der Waals surface area contributed by atoms with Crippen molar-refractivity contribution >= 4 is 11.9 Å². The van der Waals surface area contributed by atoms with Gasteiger partial charge in [-0.25, -0.2) is 0 Å². The maximum absolute atomic E-state index is 12.7. The van der Waals surface area contributed by atoms with Crippen molar-refractivity contribution in [3.05, 3.63) is 35.4 Å². The van der Waals surface area contributed by atoms with Crippen molar-refractivity contribution in [2.24, 2.45) is 0 Å². The number of nitrogens with one attached hydrogen (secondary N) is 1. The lowest BCUT2D eigenvalue weighted by Gasteiger charge is -2.30. The van der Waals surface area contributed by atoms with Crippen LogP contribution in [0.25, 0.3) is 0 Å². The van der Waals surface area contributed by atoms with Crippen LogP contribution in [0.1, 0.15) is 17.0 Å². The van der Waals surface area contributed by atoms with E-state index in [0.29, 0.717) is 13.2 Å². The van der Waals surface area contributed by atoms with Crippen molar-refractivity contribution in [3.63, 3.8) is 0 Å². The van der Waals surface area contributed by atoms with Crippen LogP contribution < -0.4 is 5.32 Å². The fourth-order valence-corrected chi connectivity index (χ4v) is 2.57. The van der Waals surface area contributed by atoms with Gasteiger partial charge in [0.1, 0.15) is 6.54 Å². The average molecular weight is 292 g/mol. The molecule has 1 unspecified atom stereocenters. The van der Waals surface area contributed by atoms with Gasteiger partial charge in [0.25, 0.3) is 0 Å². The Kier molecular flexibility index (Phi) is 5.30. The summed E-state index contributed by atoms with van der Waals surface area (Å²) in [5.41, 5.74) is 2.07. The fraction of sp³-hybridized carbons (Fsp3) is 0.467. The van der Waals surface area contributed by atoms with Gasteiger partial charge in [-0.2, -0.15) is 0 Å². The molecule has 1 aliphatic heterocycles. The second-order valence-electron chi connectivity index (χ2n) is 5.03. The zero-order chi connectivity index (χ0) is 15.2. The maximum Gasteiger partial charge on any atom is 0.323 e. The van der Waals surface area contributed by atoms with Gasteiger partial charge in [-0.1, -0.05) is 24.3 Å². The third kappa shape index (κ3) is 3.80. The van der Waals surface area contributed by atoms with Gasteiger partial charge < -0.3 is 20.1 Å². The number of carboxylic acids is 1. The predicted octanol–water partition coefficient (Wildman–Crippen LogP) is 0.433. The Morgan fingerprint density at radius 2 is 2.19 bits per heavy atom. The molecule has 0 bridgehead atoms. The number of methoxy groups -OCH3 is 1. The smallest absolute Gasteiger partial charge is 0.323 e. The average Bonchev–Trinajstić information content (AvgIpc) is 2.50. The van der Waals surface area contributed by atoms with E-state index in [2.05, 4.69) is 5.32 Å². The Balaban J connectivity index is 2.18. The van der Waals surface area contributed by atoms with E-state index in [9.17, 15) is 9.59 Å². The Morgan fingerprint density at radius 3 is 2.90 bits per heavy atom. The summed E-state index contributed by atoms with van der Waals surface area (Å²) >= 11 is 0. The van der Waals surface area contributed by atoms with E-state index in [1.165, 1.54) is 12.0 Å². The van der Waals surface area contributed by atoms with Crippen LogP contribution in [0.2, 0.25) is 0 Å². The highest BCUT2D eigenvalue weighted by Gasteiger charge is 2.30. The van der Waals surface area contributed by atoms with Crippen molar-refractivity contribution in [3.8, 4) is 0 Å². The number of aliphatic carboxylic acids is 1. The molecule has 1 atom stereocenters. The molecule has 1 aromatic rings. The number of rotatable bonds is 6. The van der Waals surface area contributed by atoms with E-state index < -0.39 is 5.97 Å². The quantitative estimate of drug-likeness (QED) is 0.795. The minimum absolute atomic E-state index is 0.172. The van der Waals surface area contributed by atoms with Crippen LogP contribution in [0.5, 0.6) is 0 Å². The van der Waals surface area contributed by atoms with E-state index in [4.69, 9.17) is 9.84 Å². The highest BCUT2D eigenvalue weighted by Crippen LogP contribution is 2.25. The SMILES string of the molecule is COCCN(CC(=O)O)C(=O)C1CNCc2ccccc21. The topological polar surface area (TPSA) is 78.9 Å². The summed E-state index contributed by atoms with van der Waals surface area (Å²) in [6, 6.07) is 7.76. The fourth-order valence-electron chi connectivity index (χ4n) is 2.57. The largest absolute Gasteiger partial charge is 0.480 e. The van der Waals surface area contributed by atoms with Gasteiger partial charge in [-0.05, 0) is 11.1 Å². The monoisotopic (exact) mass is 292 g/mol. The van der Waals surface area contributed by atoms with Crippen molar-refractivity contribution in [1.29, 1.82) is 0 Å². The van der Waals surface area contributed by atoms with E-state index >= 15 is 0 Å². The minimum Gasteiger partial charge on any atom is -0.480 e. The summed E-state index contributed by atoms with van der Waals surface area (Å²) in [6.07, 6.45) is 0. The molecule has 0 fully saturated rings. The number of fused-ring (bicyclic) bond motifs is 1. The summed E-state index contributed by atoms with van der Waals surface area (Å²) in [6.45, 7) is 1.55. The molecule has 2 rings (SSSR count). The van der Waals surface area contributed by atoms with Gasteiger partial charge in [-0.15, -0.1) is 0 Å². The molecular weight excluding hydrogens is 272 g/mol. The Morgan fingerprint density at radius 1 is 1.43 bits per heavy atom. The Labute approximate surface area is 123 Å². The lowest BCUT2D eigenvalue weighted by molar-refractivity contribution is -0.145. The first-order valence-electron chi connectivity index (χ1n) is 6.91. The van der Waals surface area contributed by atoms with Crippen LogP contribution in [0.15, 0.2) is 24.3 Å². The zero-order valence-electron chi connectivity index (χ0n) is 12.0. The number of hydrogen-bond donors (Lipinski definition) is 2. The highest BCUT2D eigenvalue weighted by atomic mass is 16.5. The standard InChI is InChI=1S/C15H20N2O4/c1-21-7-6-17(10-14(18)19)15(20)13-9-16-8-11-4-2-3-5-12(11)13/h2-5,13,16H,6-10H2,1H3,(H,18,19). The second-order valence-corrected chi connectivity index (χ2v) is 5.03. The lowest BCUT2D eigenvalue weighted by atomic mass is 9.90. The molecule has 2 N–H and O–H groups in total. The van der Waals surface area contributed by atoms with Gasteiger partial charge in [0, 0.05) is 26.7 Å². The molecule has 6 nitrogen and oxygen atoms in total. The first-order valence-corrected chi connectivity index (χ1v) is 6.91. The normalized spacial score (nSPS) is 17.1. The summed E-state index contributed by atoms with van der Waals surface area (Å²) in [4.78, 5) is 25.0. The molecule has 0 saturated heterocycles. The van der Waals surface area contributed by atoms with Crippen LogP contribution in [0.4, 0.5) is 0 Å². The molecule has 114 valence electrons. The summed E-state index contributed by atoms with van der Waals surface area (Å²) in [5.74, 6) is -1.53. The van der Waals surface area contributed by atoms with Gasteiger partial charge in [0.2, 0.25) is 5.91 Å². The molecule has 0 saturated carbocycles. The number of carbonyl (C=O) groups excluding carboxylic acids is 1. The van der Waals surface area contributed by atoms with Gasteiger partial charge in [0.15, 0.2) is 0 Å². The molecule has 0 aliphatic carbocycles. The summed E-state index contributed by atoms with van der Waals surface area (Å²) in [7, 11) is 1.53. The molecule has 1 aliphatic rings. The maximum atomic E-state index is 12.7. The summed E-state index contributed by atoms with van der Waals surface area (Å²) in [5, 5.41) is 12.2. The van der Waals surface area contributed by atoms with Crippen LogP contribution in [0.3, 0.4) is 0 Å². The molecule has 0 radical (unpaired) electrons. The van der Waals surface area contributed by atoms with Gasteiger partial charge in [-0.3, -0.25) is 9.59 Å².